The molecule has 284 valence electrons. The topological polar surface area (TPSA) is 78.9 Å². The Kier molecular flexibility index (Phi) is 36.2. The summed E-state index contributed by atoms with van der Waals surface area (Å²) in [4.78, 5) is 37.4. The maximum Gasteiger partial charge on any atom is 0.306 e. The Balaban J connectivity index is 4.49. The standard InChI is InChI=1S/C44H72O6/c1-4-7-10-13-16-19-21-22-23-26-28-31-34-37-43(46)49-40-41(39-48-42(45)36-33-30-27-24-18-15-12-9-6-3)50-44(47)38-35-32-29-25-20-17-14-11-8-5-2/h7,9-10,12-13,16,18-19,21-24,41H,4-6,8,11,14-15,17,20,25-40H2,1-3H3/b10-7-,12-9-,16-13-,21-19-,23-22-,24-18-. The van der Waals surface area contributed by atoms with E-state index in [4.69, 9.17) is 14.2 Å². The van der Waals surface area contributed by atoms with Gasteiger partial charge in [-0.25, -0.2) is 0 Å². The number of esters is 3. The van der Waals surface area contributed by atoms with Crippen LogP contribution in [0.5, 0.6) is 0 Å². The van der Waals surface area contributed by atoms with Crippen LogP contribution >= 0.6 is 0 Å². The Bertz CT molecular complexity index is 986. The number of carbonyl (C=O) groups is 3. The average Bonchev–Trinajstić information content (AvgIpc) is 3.11. The number of hydrogen-bond donors (Lipinski definition) is 0. The lowest BCUT2D eigenvalue weighted by Gasteiger charge is -2.18. The first kappa shape index (κ1) is 46.9. The molecule has 0 N–H and O–H groups in total. The van der Waals surface area contributed by atoms with Crippen LogP contribution in [-0.4, -0.2) is 37.2 Å². The van der Waals surface area contributed by atoms with E-state index in [1.54, 1.807) is 0 Å². The fourth-order valence-corrected chi connectivity index (χ4v) is 5.08. The quantitative estimate of drug-likeness (QED) is 0.0219. The van der Waals surface area contributed by atoms with Crippen LogP contribution in [0.2, 0.25) is 0 Å². The SMILES string of the molecule is CC\C=C/C=C\C=C/C=C\CCCCCC(=O)OCC(COC(=O)CCCC/C=C\C/C=C\CC)OC(=O)CCCCCCCCCCCC. The summed E-state index contributed by atoms with van der Waals surface area (Å²) in [5.74, 6) is -0.991. The van der Waals surface area contributed by atoms with E-state index in [1.165, 1.54) is 44.9 Å². The second-order valence-electron chi connectivity index (χ2n) is 12.9. The van der Waals surface area contributed by atoms with E-state index in [0.29, 0.717) is 19.3 Å². The molecule has 0 aromatic heterocycles. The van der Waals surface area contributed by atoms with Crippen molar-refractivity contribution in [2.75, 3.05) is 13.2 Å². The Morgan fingerprint density at radius 3 is 1.48 bits per heavy atom. The number of allylic oxidation sites excluding steroid dienone is 12. The van der Waals surface area contributed by atoms with Crippen molar-refractivity contribution < 1.29 is 28.6 Å². The van der Waals surface area contributed by atoms with Crippen molar-refractivity contribution in [3.05, 3.63) is 72.9 Å². The summed E-state index contributed by atoms with van der Waals surface area (Å²) in [6.45, 7) is 6.25. The van der Waals surface area contributed by atoms with Crippen LogP contribution in [0.15, 0.2) is 72.9 Å². The monoisotopic (exact) mass is 697 g/mol. The molecule has 1 atom stereocenters. The molecule has 0 saturated carbocycles. The summed E-state index contributed by atoms with van der Waals surface area (Å²) >= 11 is 0. The van der Waals surface area contributed by atoms with Crippen LogP contribution in [0.1, 0.15) is 168 Å². The van der Waals surface area contributed by atoms with Crippen LogP contribution in [0.25, 0.3) is 0 Å². The maximum atomic E-state index is 12.6. The normalized spacial score (nSPS) is 12.8. The van der Waals surface area contributed by atoms with Gasteiger partial charge in [-0.3, -0.25) is 14.4 Å². The zero-order valence-corrected chi connectivity index (χ0v) is 32.1. The lowest BCUT2D eigenvalue weighted by Crippen LogP contribution is -2.30. The van der Waals surface area contributed by atoms with E-state index < -0.39 is 6.10 Å². The second-order valence-corrected chi connectivity index (χ2v) is 12.9. The Hall–Kier alpha value is -3.15. The van der Waals surface area contributed by atoms with Gasteiger partial charge >= 0.3 is 17.9 Å². The van der Waals surface area contributed by atoms with E-state index in [9.17, 15) is 14.4 Å². The minimum absolute atomic E-state index is 0.106. The number of ether oxygens (including phenoxy) is 3. The molecule has 0 aliphatic heterocycles. The third-order valence-corrected chi connectivity index (χ3v) is 8.05. The van der Waals surface area contributed by atoms with Crippen molar-refractivity contribution in [2.24, 2.45) is 0 Å². The van der Waals surface area contributed by atoms with Crippen molar-refractivity contribution in [1.82, 2.24) is 0 Å². The van der Waals surface area contributed by atoms with Crippen molar-refractivity contribution in [3.63, 3.8) is 0 Å². The van der Waals surface area contributed by atoms with Gasteiger partial charge in [0.2, 0.25) is 0 Å². The summed E-state index contributed by atoms with van der Waals surface area (Å²) in [5, 5.41) is 0. The van der Waals surface area contributed by atoms with E-state index >= 15 is 0 Å². The summed E-state index contributed by atoms with van der Waals surface area (Å²) in [5.41, 5.74) is 0. The molecule has 0 amide bonds. The van der Waals surface area contributed by atoms with Gasteiger partial charge in [0.05, 0.1) is 0 Å². The summed E-state index contributed by atoms with van der Waals surface area (Å²) in [6.07, 6.45) is 46.1. The molecule has 0 aromatic rings. The van der Waals surface area contributed by atoms with Gasteiger partial charge in [-0.15, -0.1) is 0 Å². The summed E-state index contributed by atoms with van der Waals surface area (Å²) < 4.78 is 16.5. The molecule has 0 saturated heterocycles. The molecule has 0 radical (unpaired) electrons. The highest BCUT2D eigenvalue weighted by Gasteiger charge is 2.19. The highest BCUT2D eigenvalue weighted by atomic mass is 16.6. The van der Waals surface area contributed by atoms with Crippen LogP contribution in [-0.2, 0) is 28.6 Å². The third kappa shape index (κ3) is 36.1. The molecule has 6 nitrogen and oxygen atoms in total. The highest BCUT2D eigenvalue weighted by molar-refractivity contribution is 5.71. The predicted octanol–water partition coefficient (Wildman–Crippen LogP) is 12.4. The molecule has 6 heteroatoms. The predicted molar refractivity (Wildman–Crippen MR) is 210 cm³/mol. The van der Waals surface area contributed by atoms with Crippen molar-refractivity contribution in [2.45, 2.75) is 175 Å². The lowest BCUT2D eigenvalue weighted by molar-refractivity contribution is -0.167. The number of hydrogen-bond acceptors (Lipinski definition) is 6. The van der Waals surface area contributed by atoms with Crippen LogP contribution in [0.4, 0.5) is 0 Å². The van der Waals surface area contributed by atoms with Gasteiger partial charge in [-0.05, 0) is 64.2 Å². The first-order valence-electron chi connectivity index (χ1n) is 20.0. The van der Waals surface area contributed by atoms with Gasteiger partial charge in [-0.2, -0.15) is 0 Å². The minimum Gasteiger partial charge on any atom is -0.462 e. The molecule has 0 heterocycles. The van der Waals surface area contributed by atoms with Gasteiger partial charge in [0.15, 0.2) is 6.10 Å². The lowest BCUT2D eigenvalue weighted by atomic mass is 10.1. The molecule has 0 spiro atoms. The number of unbranched alkanes of at least 4 members (excludes halogenated alkanes) is 14. The van der Waals surface area contributed by atoms with Crippen LogP contribution < -0.4 is 0 Å². The third-order valence-electron chi connectivity index (χ3n) is 8.05. The molecular weight excluding hydrogens is 624 g/mol. The Labute approximate surface area is 306 Å². The molecule has 0 aliphatic carbocycles. The fraction of sp³-hybridized carbons (Fsp3) is 0.659. The molecular formula is C44H72O6. The highest BCUT2D eigenvalue weighted by Crippen LogP contribution is 2.13. The molecule has 0 rings (SSSR count). The average molecular weight is 697 g/mol. The van der Waals surface area contributed by atoms with Gasteiger partial charge in [0, 0.05) is 19.3 Å². The van der Waals surface area contributed by atoms with E-state index in [0.717, 1.165) is 83.5 Å². The molecule has 0 aliphatic rings. The maximum absolute atomic E-state index is 12.6. The zero-order valence-electron chi connectivity index (χ0n) is 32.1. The van der Waals surface area contributed by atoms with Crippen LogP contribution in [0, 0.1) is 0 Å². The number of rotatable bonds is 34. The van der Waals surface area contributed by atoms with Crippen LogP contribution in [0.3, 0.4) is 0 Å². The molecule has 0 fully saturated rings. The molecule has 0 bridgehead atoms. The smallest absolute Gasteiger partial charge is 0.306 e. The van der Waals surface area contributed by atoms with Gasteiger partial charge in [0.1, 0.15) is 13.2 Å². The Morgan fingerprint density at radius 2 is 0.880 bits per heavy atom. The van der Waals surface area contributed by atoms with E-state index in [1.807, 2.05) is 36.5 Å². The Morgan fingerprint density at radius 1 is 0.440 bits per heavy atom. The second kappa shape index (κ2) is 38.6. The molecule has 0 aromatic carbocycles. The fourth-order valence-electron chi connectivity index (χ4n) is 5.08. The van der Waals surface area contributed by atoms with Gasteiger partial charge in [0.25, 0.3) is 0 Å². The van der Waals surface area contributed by atoms with Gasteiger partial charge < -0.3 is 14.2 Å². The largest absolute Gasteiger partial charge is 0.462 e. The molecule has 50 heavy (non-hydrogen) atoms. The summed E-state index contributed by atoms with van der Waals surface area (Å²) in [7, 11) is 0. The first-order chi connectivity index (χ1) is 24.5. The van der Waals surface area contributed by atoms with Crippen molar-refractivity contribution >= 4 is 17.9 Å². The van der Waals surface area contributed by atoms with Gasteiger partial charge in [-0.1, -0.05) is 158 Å². The van der Waals surface area contributed by atoms with E-state index in [-0.39, 0.29) is 31.1 Å². The number of carbonyl (C=O) groups excluding carboxylic acids is 3. The zero-order chi connectivity index (χ0) is 36.6. The van der Waals surface area contributed by atoms with Crippen molar-refractivity contribution in [1.29, 1.82) is 0 Å². The van der Waals surface area contributed by atoms with Crippen molar-refractivity contribution in [3.8, 4) is 0 Å². The van der Waals surface area contributed by atoms with E-state index in [2.05, 4.69) is 57.2 Å². The first-order valence-corrected chi connectivity index (χ1v) is 20.0. The summed E-state index contributed by atoms with van der Waals surface area (Å²) in [6, 6.07) is 0. The minimum atomic E-state index is -0.798. The molecule has 1 unspecified atom stereocenters.